The molecule has 1 aliphatic heterocycles. The zero-order chi connectivity index (χ0) is 24.9. The van der Waals surface area contributed by atoms with E-state index in [0.717, 1.165) is 54.5 Å². The minimum atomic E-state index is -1.13. The number of piperidine rings is 1. The summed E-state index contributed by atoms with van der Waals surface area (Å²) in [6.45, 7) is 3.01. The molecule has 5 rings (SSSR count). The van der Waals surface area contributed by atoms with Gasteiger partial charge in [0.05, 0.1) is 18.5 Å². The number of hydrogen-bond donors (Lipinski definition) is 3. The van der Waals surface area contributed by atoms with Crippen molar-refractivity contribution >= 4 is 28.5 Å². The highest BCUT2D eigenvalue weighted by atomic mass is 16.5. The summed E-state index contributed by atoms with van der Waals surface area (Å²) in [6.07, 6.45) is 2.65. The number of aromatic nitrogens is 2. The van der Waals surface area contributed by atoms with Crippen LogP contribution in [-0.2, 0) is 6.54 Å². The van der Waals surface area contributed by atoms with E-state index in [2.05, 4.69) is 44.8 Å². The van der Waals surface area contributed by atoms with Gasteiger partial charge >= 0.3 is 6.09 Å². The topological polar surface area (TPSA) is 99.6 Å². The van der Waals surface area contributed by atoms with Gasteiger partial charge in [0.2, 0.25) is 5.95 Å². The average molecular weight is 484 g/mol. The van der Waals surface area contributed by atoms with Crippen LogP contribution in [0, 0.1) is 0 Å². The largest absolute Gasteiger partial charge is 0.497 e. The van der Waals surface area contributed by atoms with Crippen molar-refractivity contribution in [2.24, 2.45) is 0 Å². The first-order chi connectivity index (χ1) is 17.6. The van der Waals surface area contributed by atoms with Crippen molar-refractivity contribution in [3.05, 3.63) is 78.5 Å². The maximum atomic E-state index is 11.4. The summed E-state index contributed by atoms with van der Waals surface area (Å²) in [5, 5.41) is 17.0. The number of nitrogens with one attached hydrogen (secondary N) is 2. The van der Waals surface area contributed by atoms with Crippen LogP contribution in [0.2, 0.25) is 0 Å². The van der Waals surface area contributed by atoms with E-state index >= 15 is 0 Å². The van der Waals surface area contributed by atoms with Gasteiger partial charge in [0.25, 0.3) is 0 Å². The van der Waals surface area contributed by atoms with Gasteiger partial charge in [-0.25, -0.2) is 14.8 Å². The Hall–Kier alpha value is -4.17. The number of benzene rings is 3. The smallest absolute Gasteiger partial charge is 0.409 e. The lowest BCUT2D eigenvalue weighted by Crippen LogP contribution is -2.38. The number of carboxylic acid groups (broad SMARTS) is 1. The van der Waals surface area contributed by atoms with E-state index in [-0.39, 0.29) is 0 Å². The van der Waals surface area contributed by atoms with Crippen molar-refractivity contribution in [2.45, 2.75) is 25.4 Å². The molecule has 1 aromatic heterocycles. The molecule has 0 unspecified atom stereocenters. The molecule has 0 bridgehead atoms. The predicted octanol–water partition coefficient (Wildman–Crippen LogP) is 5.47. The Morgan fingerprint density at radius 2 is 1.89 bits per heavy atom. The lowest BCUT2D eigenvalue weighted by Gasteiger charge is -2.32. The number of carbonyl (C=O) groups is 1. The Morgan fingerprint density at radius 1 is 1.08 bits per heavy atom. The van der Waals surface area contributed by atoms with Gasteiger partial charge < -0.3 is 15.2 Å². The number of methoxy groups -OCH3 is 1. The van der Waals surface area contributed by atoms with E-state index in [1.54, 1.807) is 19.4 Å². The van der Waals surface area contributed by atoms with E-state index < -0.39 is 6.09 Å². The molecule has 184 valence electrons. The zero-order valence-electron chi connectivity index (χ0n) is 20.1. The van der Waals surface area contributed by atoms with Crippen LogP contribution in [0.1, 0.15) is 18.4 Å². The van der Waals surface area contributed by atoms with Crippen LogP contribution in [0.4, 0.5) is 16.4 Å². The summed E-state index contributed by atoms with van der Waals surface area (Å²) in [4.78, 5) is 23.1. The Balaban J connectivity index is 1.31. The fourth-order valence-electron chi connectivity index (χ4n) is 4.68. The van der Waals surface area contributed by atoms with E-state index in [1.165, 1.54) is 5.56 Å². The monoisotopic (exact) mass is 483 g/mol. The van der Waals surface area contributed by atoms with E-state index in [1.807, 2.05) is 36.4 Å². The molecule has 0 atom stereocenters. The second kappa shape index (κ2) is 10.6. The van der Waals surface area contributed by atoms with Crippen LogP contribution in [0.15, 0.2) is 72.9 Å². The van der Waals surface area contributed by atoms with Gasteiger partial charge in [0.1, 0.15) is 5.75 Å². The van der Waals surface area contributed by atoms with Crippen molar-refractivity contribution in [2.75, 3.05) is 30.8 Å². The maximum absolute atomic E-state index is 11.4. The first-order valence-corrected chi connectivity index (χ1v) is 12.1. The summed E-state index contributed by atoms with van der Waals surface area (Å²) in [6, 6.07) is 22.1. The highest BCUT2D eigenvalue weighted by Gasteiger charge is 2.20. The first-order valence-electron chi connectivity index (χ1n) is 12.1. The van der Waals surface area contributed by atoms with Crippen molar-refractivity contribution < 1.29 is 14.6 Å². The van der Waals surface area contributed by atoms with Gasteiger partial charge in [0, 0.05) is 42.8 Å². The molecule has 1 amide bonds. The fourth-order valence-corrected chi connectivity index (χ4v) is 4.68. The second-order valence-electron chi connectivity index (χ2n) is 8.99. The van der Waals surface area contributed by atoms with Gasteiger partial charge in [-0.2, -0.15) is 0 Å². The molecule has 2 heterocycles. The third-order valence-corrected chi connectivity index (χ3v) is 6.52. The van der Waals surface area contributed by atoms with Crippen molar-refractivity contribution in [3.63, 3.8) is 0 Å². The highest BCUT2D eigenvalue weighted by molar-refractivity contribution is 6.02. The van der Waals surface area contributed by atoms with Crippen molar-refractivity contribution in [3.8, 4) is 17.0 Å². The van der Waals surface area contributed by atoms with E-state index in [0.29, 0.717) is 23.4 Å². The summed E-state index contributed by atoms with van der Waals surface area (Å²) < 4.78 is 5.31. The number of rotatable bonds is 7. The Kier molecular flexibility index (Phi) is 6.95. The van der Waals surface area contributed by atoms with Gasteiger partial charge in [-0.05, 0) is 54.1 Å². The maximum Gasteiger partial charge on any atom is 0.409 e. The summed E-state index contributed by atoms with van der Waals surface area (Å²) in [5.41, 5.74) is 3.35. The number of nitrogens with zero attached hydrogens (tertiary/aromatic N) is 3. The van der Waals surface area contributed by atoms with Gasteiger partial charge in [0.15, 0.2) is 0 Å². The minimum absolute atomic E-state index is 0.306. The minimum Gasteiger partial charge on any atom is -0.497 e. The highest BCUT2D eigenvalue weighted by Crippen LogP contribution is 2.33. The van der Waals surface area contributed by atoms with Crippen LogP contribution in [0.3, 0.4) is 0 Å². The standard InChI is InChI=1S/C28H29N5O3/c1-36-23-8-7-20-15-21(16-26(24(20)17-23)32-28(34)35)25-9-12-29-27(31-25)30-22-10-13-33(14-11-22)18-19-5-3-2-4-6-19/h2-9,12,15-17,22,32H,10-11,13-14,18H2,1H3,(H,34,35)(H,29,30,31). The number of fused-ring (bicyclic) bond motifs is 1. The molecule has 1 aliphatic rings. The summed E-state index contributed by atoms with van der Waals surface area (Å²) in [7, 11) is 1.59. The van der Waals surface area contributed by atoms with Gasteiger partial charge in [-0.1, -0.05) is 36.4 Å². The van der Waals surface area contributed by atoms with Crippen molar-refractivity contribution in [1.82, 2.24) is 14.9 Å². The number of anilines is 2. The molecule has 36 heavy (non-hydrogen) atoms. The molecular formula is C28H29N5O3. The molecule has 1 saturated heterocycles. The normalized spacial score (nSPS) is 14.5. The Morgan fingerprint density at radius 3 is 2.64 bits per heavy atom. The predicted molar refractivity (Wildman–Crippen MR) is 142 cm³/mol. The van der Waals surface area contributed by atoms with Crippen LogP contribution >= 0.6 is 0 Å². The van der Waals surface area contributed by atoms with Crippen LogP contribution in [0.25, 0.3) is 22.0 Å². The third-order valence-electron chi connectivity index (χ3n) is 6.52. The van der Waals surface area contributed by atoms with Gasteiger partial charge in [-0.15, -0.1) is 0 Å². The molecule has 0 aliphatic carbocycles. The Bertz CT molecular complexity index is 1350. The lowest BCUT2D eigenvalue weighted by atomic mass is 10.0. The van der Waals surface area contributed by atoms with Crippen LogP contribution < -0.4 is 15.4 Å². The summed E-state index contributed by atoms with van der Waals surface area (Å²) >= 11 is 0. The number of amides is 1. The van der Waals surface area contributed by atoms with Crippen LogP contribution in [0.5, 0.6) is 5.75 Å². The molecule has 4 aromatic rings. The molecular weight excluding hydrogens is 454 g/mol. The molecule has 0 saturated carbocycles. The third kappa shape index (κ3) is 5.55. The molecule has 8 nitrogen and oxygen atoms in total. The number of hydrogen-bond acceptors (Lipinski definition) is 6. The zero-order valence-corrected chi connectivity index (χ0v) is 20.1. The van der Waals surface area contributed by atoms with E-state index in [4.69, 9.17) is 9.72 Å². The fraction of sp³-hybridized carbons (Fsp3) is 0.250. The van der Waals surface area contributed by atoms with Crippen molar-refractivity contribution in [1.29, 1.82) is 0 Å². The molecule has 0 spiro atoms. The van der Waals surface area contributed by atoms with Gasteiger partial charge in [-0.3, -0.25) is 10.2 Å². The number of ether oxygens (including phenoxy) is 1. The Labute approximate surface area is 210 Å². The average Bonchev–Trinajstić information content (AvgIpc) is 2.90. The van der Waals surface area contributed by atoms with E-state index in [9.17, 15) is 9.90 Å². The quantitative estimate of drug-likeness (QED) is 0.320. The molecule has 8 heteroatoms. The molecule has 3 N–H and O–H groups in total. The molecule has 3 aromatic carbocycles. The molecule has 0 radical (unpaired) electrons. The summed E-state index contributed by atoms with van der Waals surface area (Å²) in [5.74, 6) is 1.24. The second-order valence-corrected chi connectivity index (χ2v) is 8.99. The lowest BCUT2D eigenvalue weighted by molar-refractivity contribution is 0.210. The number of likely N-dealkylation sites (tertiary alicyclic amines) is 1. The first kappa shape index (κ1) is 23.6. The van der Waals surface area contributed by atoms with Crippen LogP contribution in [-0.4, -0.2) is 52.3 Å². The molecule has 1 fully saturated rings. The SMILES string of the molecule is COc1ccc2cc(-c3ccnc(NC4CCN(Cc5ccccc5)CC4)n3)cc(NC(=O)O)c2c1.